The average molecular weight is 1040 g/mol. The van der Waals surface area contributed by atoms with Crippen molar-refractivity contribution in [1.82, 2.24) is 29.4 Å². The van der Waals surface area contributed by atoms with E-state index in [2.05, 4.69) is 0 Å². The van der Waals surface area contributed by atoms with Gasteiger partial charge in [0, 0.05) is 99.1 Å². The molecule has 18 heteroatoms. The fourth-order valence-corrected chi connectivity index (χ4v) is 15.6. The van der Waals surface area contributed by atoms with Crippen LogP contribution in [0.4, 0.5) is 0 Å². The van der Waals surface area contributed by atoms with Crippen LogP contribution in [0, 0.1) is 0 Å². The third-order valence-corrected chi connectivity index (χ3v) is 18.9. The molecule has 6 aromatic carbocycles. The van der Waals surface area contributed by atoms with Crippen LogP contribution in [0.3, 0.4) is 0 Å². The predicted molar refractivity (Wildman–Crippen MR) is 273 cm³/mol. The van der Waals surface area contributed by atoms with Crippen LogP contribution < -0.4 is 0 Å². The van der Waals surface area contributed by atoms with Crippen LogP contribution in [0.2, 0.25) is 0 Å². The lowest BCUT2D eigenvalue weighted by atomic mass is 9.79. The molecule has 24 aliphatic heterocycles. The molecule has 27 aliphatic rings. The summed E-state index contributed by atoms with van der Waals surface area (Å²) in [6.07, 6.45) is 4.74. The van der Waals surface area contributed by atoms with E-state index >= 15 is 57.5 Å². The van der Waals surface area contributed by atoms with Crippen molar-refractivity contribution in [3.05, 3.63) is 140 Å². The number of rotatable bonds is 0. The van der Waals surface area contributed by atoms with E-state index in [1.165, 1.54) is 72.8 Å². The van der Waals surface area contributed by atoms with Crippen LogP contribution in [0.5, 0.6) is 0 Å². The number of imide groups is 6. The minimum atomic E-state index is -0.999. The Balaban J connectivity index is 0.894. The number of hydrogen-bond acceptors (Lipinski definition) is 12. The Morgan fingerprint density at radius 1 is 0.192 bits per heavy atom. The molecule has 6 atom stereocenters. The fraction of sp³-hybridized carbons (Fsp3) is 0.300. The van der Waals surface area contributed by atoms with Crippen molar-refractivity contribution in [3.8, 4) is 0 Å². The van der Waals surface area contributed by atoms with Gasteiger partial charge in [0.15, 0.2) is 0 Å². The molecule has 0 aromatic heterocycles. The van der Waals surface area contributed by atoms with Gasteiger partial charge in [-0.05, 0) is 111 Å². The van der Waals surface area contributed by atoms with Gasteiger partial charge in [-0.3, -0.25) is 86.9 Å². The molecular formula is C60H42N6O12. The Kier molecular flexibility index (Phi) is 8.87. The Labute approximate surface area is 441 Å². The molecule has 3 aliphatic carbocycles. The number of amides is 12. The minimum absolute atomic E-state index is 0.0436. The summed E-state index contributed by atoms with van der Waals surface area (Å²) in [5.41, 5.74) is 0.523. The molecule has 78 heavy (non-hydrogen) atoms. The molecule has 24 heterocycles. The van der Waals surface area contributed by atoms with Gasteiger partial charge in [0.25, 0.3) is 70.9 Å². The molecule has 3 unspecified atom stereocenters. The van der Waals surface area contributed by atoms with E-state index in [0.29, 0.717) is 38.5 Å². The highest BCUT2D eigenvalue weighted by Crippen LogP contribution is 2.48. The van der Waals surface area contributed by atoms with E-state index < -0.39 is 107 Å². The molecule has 12 amide bonds. The summed E-state index contributed by atoms with van der Waals surface area (Å²) >= 11 is 0. The Hall–Kier alpha value is -9.06. The molecule has 3 fully saturated rings. The zero-order valence-corrected chi connectivity index (χ0v) is 41.5. The highest BCUT2D eigenvalue weighted by Gasteiger charge is 2.54. The van der Waals surface area contributed by atoms with Crippen molar-refractivity contribution >= 4 is 103 Å². The number of nitrogens with zero attached hydrogens (tertiary/aromatic N) is 6. The van der Waals surface area contributed by atoms with Gasteiger partial charge in [-0.1, -0.05) is 38.5 Å². The summed E-state index contributed by atoms with van der Waals surface area (Å²) < 4.78 is 0. The molecule has 18 nitrogen and oxygen atoms in total. The van der Waals surface area contributed by atoms with Crippen molar-refractivity contribution in [2.24, 2.45) is 0 Å². The third-order valence-electron chi connectivity index (χ3n) is 18.9. The molecule has 0 saturated heterocycles. The Morgan fingerprint density at radius 2 is 0.295 bits per heavy atom. The van der Waals surface area contributed by atoms with Gasteiger partial charge in [0.1, 0.15) is 0 Å². The first-order valence-corrected chi connectivity index (χ1v) is 26.8. The standard InChI is InChI=1S/C60H42N6O12/c67-49-25-13-15-29-45-30-16-14-26(43(25)45)50(68)61(49)37-7-1-2-8-38(37)62-51(69)27-17-19-31-46-32(20-18-28(44(27)46)52(62)70)56(74)64(55(31)73)41-11-5-6-12-42(41)66-59(77)35-23-21-33-47-34(22-24-36(48(35)47)60(66)78)58(76)65(57(33)75)40-10-4-3-9-39(40)63(53(29)71)54(30)72/h13-24,37-42H,1-12H2/t37-,38?,39?,40-,41-,42?/m0/s1. The molecule has 6 aromatic rings. The fourth-order valence-electron chi connectivity index (χ4n) is 15.6. The highest BCUT2D eigenvalue weighted by molar-refractivity contribution is 6.37. The van der Waals surface area contributed by atoms with Gasteiger partial charge in [0.2, 0.25) is 0 Å². The van der Waals surface area contributed by atoms with Crippen molar-refractivity contribution in [2.75, 3.05) is 0 Å². The zero-order valence-electron chi connectivity index (χ0n) is 41.5. The van der Waals surface area contributed by atoms with Crippen LogP contribution in [-0.4, -0.2) is 137 Å². The first-order chi connectivity index (χ1) is 37.8. The molecule has 0 radical (unpaired) electrons. The lowest BCUT2D eigenvalue weighted by Gasteiger charge is -2.47. The summed E-state index contributed by atoms with van der Waals surface area (Å²) in [4.78, 5) is 187. The average Bonchev–Trinajstić information content (AvgIpc) is 3.48. The number of carbonyl (C=O) groups excluding carboxylic acids is 12. The van der Waals surface area contributed by atoms with Gasteiger partial charge in [-0.25, -0.2) is 0 Å². The maximum atomic E-state index is 15.1. The summed E-state index contributed by atoms with van der Waals surface area (Å²) in [5, 5.41) is 0.685. The molecule has 24 bridgehead atoms. The lowest BCUT2D eigenvalue weighted by molar-refractivity contribution is 0.0234. The van der Waals surface area contributed by atoms with Crippen molar-refractivity contribution in [3.63, 3.8) is 0 Å². The quantitative estimate of drug-likeness (QED) is 0.139. The molecule has 384 valence electrons. The van der Waals surface area contributed by atoms with E-state index in [0.717, 1.165) is 29.4 Å². The number of benzene rings is 6. The minimum Gasteiger partial charge on any atom is -0.269 e. The number of hydrogen-bond donors (Lipinski definition) is 0. The third kappa shape index (κ3) is 5.32. The second kappa shape index (κ2) is 15.3. The first-order valence-electron chi connectivity index (χ1n) is 26.8. The zero-order chi connectivity index (χ0) is 53.2. The van der Waals surface area contributed by atoms with Gasteiger partial charge in [-0.2, -0.15) is 0 Å². The molecule has 33 rings (SSSR count). The van der Waals surface area contributed by atoms with Crippen molar-refractivity contribution in [2.45, 2.75) is 113 Å². The summed E-state index contributed by atoms with van der Waals surface area (Å²) in [6.45, 7) is 0. The number of carbonyl (C=O) groups is 12. The van der Waals surface area contributed by atoms with E-state index in [4.69, 9.17) is 0 Å². The van der Waals surface area contributed by atoms with Crippen LogP contribution in [0.15, 0.2) is 72.8 Å². The molecule has 3 saturated carbocycles. The van der Waals surface area contributed by atoms with Crippen LogP contribution >= 0.6 is 0 Å². The smallest absolute Gasteiger partial charge is 0.261 e. The monoisotopic (exact) mass is 1040 g/mol. The van der Waals surface area contributed by atoms with Gasteiger partial charge < -0.3 is 0 Å². The summed E-state index contributed by atoms with van der Waals surface area (Å²) in [7, 11) is 0. The van der Waals surface area contributed by atoms with Gasteiger partial charge in [-0.15, -0.1) is 0 Å². The van der Waals surface area contributed by atoms with Crippen molar-refractivity contribution in [1.29, 1.82) is 0 Å². The van der Waals surface area contributed by atoms with E-state index in [1.54, 1.807) is 0 Å². The largest absolute Gasteiger partial charge is 0.269 e. The van der Waals surface area contributed by atoms with Gasteiger partial charge >= 0.3 is 0 Å². The normalized spacial score (nSPS) is 26.0. The molecule has 0 spiro atoms. The van der Waals surface area contributed by atoms with Crippen LogP contribution in [0.25, 0.3) is 32.3 Å². The maximum absolute atomic E-state index is 15.1. The molecular weight excluding hydrogens is 997 g/mol. The Morgan fingerprint density at radius 3 is 0.397 bits per heavy atom. The highest BCUT2D eigenvalue weighted by atomic mass is 16.2. The first kappa shape index (κ1) is 45.2. The van der Waals surface area contributed by atoms with Gasteiger partial charge in [0.05, 0.1) is 36.3 Å². The summed E-state index contributed by atoms with van der Waals surface area (Å²) in [5.74, 6) is -8.74. The second-order valence-corrected chi connectivity index (χ2v) is 22.4. The predicted octanol–water partition coefficient (Wildman–Crippen LogP) is 7.07. The SMILES string of the molecule is O=C1c2ccc3c4c5ccc(c24)C(=O)N1C1CCCC[C@@H]1N1C(=O)c2ccc4c6c(ccc(c26)C1=O)C(=O)N(C4=O)C1CCCC[C@@H]1N1C(=O)c2ccc4c6c(ccc(c26)C1=O)C(=O)N(C4=O)C1CCCC[C@@H]1N(C3=O)C5=O. The molecule has 0 N–H and O–H groups in total. The van der Waals surface area contributed by atoms with E-state index in [9.17, 15) is 0 Å². The second-order valence-electron chi connectivity index (χ2n) is 22.4. The topological polar surface area (TPSA) is 224 Å². The summed E-state index contributed by atoms with van der Waals surface area (Å²) in [6, 6.07) is 11.3. The maximum Gasteiger partial charge on any atom is 0.261 e. The lowest BCUT2D eigenvalue weighted by Crippen LogP contribution is -2.62. The van der Waals surface area contributed by atoms with Crippen molar-refractivity contribution < 1.29 is 57.5 Å². The van der Waals surface area contributed by atoms with E-state index in [-0.39, 0.29) is 138 Å². The van der Waals surface area contributed by atoms with Crippen LogP contribution in [-0.2, 0) is 0 Å². The van der Waals surface area contributed by atoms with E-state index in [1.807, 2.05) is 0 Å². The Bertz CT molecular complexity index is 3250. The van der Waals surface area contributed by atoms with Crippen LogP contribution in [0.1, 0.15) is 201 Å².